The monoisotopic (exact) mass is 246 g/mol. The Morgan fingerprint density at radius 2 is 1.94 bits per heavy atom. The second-order valence-corrected chi connectivity index (χ2v) is 4.70. The minimum absolute atomic E-state index is 0.546. The molecular formula is C12H18N6. The maximum Gasteiger partial charge on any atom is 0.226 e. The Hall–Kier alpha value is -1.87. The highest BCUT2D eigenvalue weighted by molar-refractivity contribution is 5.55. The highest BCUT2D eigenvalue weighted by Gasteiger charge is 2.19. The van der Waals surface area contributed by atoms with E-state index in [1.165, 1.54) is 0 Å². The van der Waals surface area contributed by atoms with E-state index in [1.807, 2.05) is 19.0 Å². The van der Waals surface area contributed by atoms with Gasteiger partial charge in [-0.15, -0.1) is 0 Å². The van der Waals surface area contributed by atoms with Crippen molar-refractivity contribution in [3.05, 3.63) is 11.8 Å². The van der Waals surface area contributed by atoms with E-state index in [0.717, 1.165) is 32.0 Å². The van der Waals surface area contributed by atoms with Crippen molar-refractivity contribution in [3.63, 3.8) is 0 Å². The zero-order chi connectivity index (χ0) is 13.1. The van der Waals surface area contributed by atoms with Crippen LogP contribution in [0.25, 0.3) is 0 Å². The number of aromatic nitrogens is 2. The fourth-order valence-corrected chi connectivity index (χ4v) is 1.92. The van der Waals surface area contributed by atoms with Crippen LogP contribution in [-0.2, 0) is 0 Å². The fourth-order valence-electron chi connectivity index (χ4n) is 1.92. The Morgan fingerprint density at radius 3 is 2.50 bits per heavy atom. The summed E-state index contributed by atoms with van der Waals surface area (Å²) in [5, 5.41) is 9.15. The average molecular weight is 246 g/mol. The molecule has 0 saturated carbocycles. The summed E-state index contributed by atoms with van der Waals surface area (Å²) in [7, 11) is 5.90. The Labute approximate surface area is 107 Å². The molecule has 0 atom stereocenters. The van der Waals surface area contributed by atoms with Crippen molar-refractivity contribution in [1.82, 2.24) is 14.9 Å². The molecule has 0 N–H and O–H groups in total. The zero-order valence-corrected chi connectivity index (χ0v) is 11.1. The lowest BCUT2D eigenvalue weighted by atomic mass is 10.2. The van der Waals surface area contributed by atoms with Gasteiger partial charge in [-0.2, -0.15) is 10.2 Å². The van der Waals surface area contributed by atoms with Gasteiger partial charge < -0.3 is 14.7 Å². The Kier molecular flexibility index (Phi) is 3.63. The summed E-state index contributed by atoms with van der Waals surface area (Å²) in [5.74, 6) is 1.40. The van der Waals surface area contributed by atoms with E-state index >= 15 is 0 Å². The van der Waals surface area contributed by atoms with E-state index in [9.17, 15) is 0 Å². The first-order valence-corrected chi connectivity index (χ1v) is 6.00. The summed E-state index contributed by atoms with van der Waals surface area (Å²) in [6, 6.07) is 2.17. The van der Waals surface area contributed by atoms with E-state index < -0.39 is 0 Å². The largest absolute Gasteiger partial charge is 0.353 e. The van der Waals surface area contributed by atoms with Gasteiger partial charge in [-0.3, -0.25) is 0 Å². The first kappa shape index (κ1) is 12.6. The molecule has 6 heteroatoms. The molecule has 1 fully saturated rings. The maximum absolute atomic E-state index is 9.15. The van der Waals surface area contributed by atoms with Crippen LogP contribution in [0.1, 0.15) is 5.56 Å². The lowest BCUT2D eigenvalue weighted by Crippen LogP contribution is -2.45. The third kappa shape index (κ3) is 2.51. The molecule has 18 heavy (non-hydrogen) atoms. The number of hydrogen-bond acceptors (Lipinski definition) is 6. The van der Waals surface area contributed by atoms with Crippen molar-refractivity contribution in [2.75, 3.05) is 57.1 Å². The summed E-state index contributed by atoms with van der Waals surface area (Å²) in [6.07, 6.45) is 1.61. The van der Waals surface area contributed by atoms with Crippen molar-refractivity contribution in [1.29, 1.82) is 5.26 Å². The van der Waals surface area contributed by atoms with Gasteiger partial charge in [0.15, 0.2) is 5.82 Å². The van der Waals surface area contributed by atoms with Gasteiger partial charge in [0, 0.05) is 40.3 Å². The first-order chi connectivity index (χ1) is 8.61. The lowest BCUT2D eigenvalue weighted by molar-refractivity contribution is 0.312. The minimum Gasteiger partial charge on any atom is -0.353 e. The van der Waals surface area contributed by atoms with Gasteiger partial charge in [0.25, 0.3) is 0 Å². The molecule has 1 aromatic rings. The molecule has 6 nitrogen and oxygen atoms in total. The second kappa shape index (κ2) is 5.19. The normalized spacial score (nSPS) is 16.4. The quantitative estimate of drug-likeness (QED) is 0.741. The molecule has 1 aliphatic rings. The van der Waals surface area contributed by atoms with Gasteiger partial charge in [0.2, 0.25) is 5.95 Å². The molecule has 2 heterocycles. The molecule has 0 unspecified atom stereocenters. The Balaban J connectivity index is 2.30. The summed E-state index contributed by atoms with van der Waals surface area (Å²) in [4.78, 5) is 14.9. The number of anilines is 2. The molecule has 1 aliphatic heterocycles. The summed E-state index contributed by atoms with van der Waals surface area (Å²) >= 11 is 0. The van der Waals surface area contributed by atoms with Crippen LogP contribution < -0.4 is 9.80 Å². The lowest BCUT2D eigenvalue weighted by Gasteiger charge is -2.33. The van der Waals surface area contributed by atoms with Crippen LogP contribution in [0.5, 0.6) is 0 Å². The molecule has 0 aromatic carbocycles. The number of nitriles is 1. The number of nitrogens with zero attached hydrogens (tertiary/aromatic N) is 6. The molecule has 96 valence electrons. The molecule has 0 radical (unpaired) electrons. The Morgan fingerprint density at radius 1 is 1.28 bits per heavy atom. The van der Waals surface area contributed by atoms with Gasteiger partial charge in [0.05, 0.1) is 6.20 Å². The average Bonchev–Trinajstić information content (AvgIpc) is 2.39. The van der Waals surface area contributed by atoms with E-state index in [1.54, 1.807) is 6.20 Å². The summed E-state index contributed by atoms with van der Waals surface area (Å²) in [5.41, 5.74) is 0.546. The van der Waals surface area contributed by atoms with Crippen molar-refractivity contribution in [2.24, 2.45) is 0 Å². The molecule has 0 spiro atoms. The standard InChI is InChI=1S/C12H18N6/c1-16(2)12-14-9-10(8-13)11(15-12)18-6-4-17(3)5-7-18/h9H,4-7H2,1-3H3. The summed E-state index contributed by atoms with van der Waals surface area (Å²) < 4.78 is 0. The van der Waals surface area contributed by atoms with Gasteiger partial charge in [0.1, 0.15) is 11.6 Å². The smallest absolute Gasteiger partial charge is 0.226 e. The molecule has 1 saturated heterocycles. The summed E-state index contributed by atoms with van der Waals surface area (Å²) in [6.45, 7) is 3.78. The van der Waals surface area contributed by atoms with Crippen molar-refractivity contribution >= 4 is 11.8 Å². The van der Waals surface area contributed by atoms with Crippen LogP contribution >= 0.6 is 0 Å². The second-order valence-electron chi connectivity index (χ2n) is 4.70. The highest BCUT2D eigenvalue weighted by atomic mass is 15.3. The highest BCUT2D eigenvalue weighted by Crippen LogP contribution is 2.20. The van der Waals surface area contributed by atoms with Gasteiger partial charge >= 0.3 is 0 Å². The van der Waals surface area contributed by atoms with Crippen molar-refractivity contribution < 1.29 is 0 Å². The third-order valence-electron chi connectivity index (χ3n) is 3.08. The van der Waals surface area contributed by atoms with Crippen molar-refractivity contribution in [2.45, 2.75) is 0 Å². The molecule has 1 aromatic heterocycles. The number of hydrogen-bond donors (Lipinski definition) is 0. The predicted octanol–water partition coefficient (Wildman–Crippen LogP) is 0.166. The van der Waals surface area contributed by atoms with Crippen LogP contribution in [-0.4, -0.2) is 62.2 Å². The maximum atomic E-state index is 9.15. The van der Waals surface area contributed by atoms with Crippen LogP contribution in [0.4, 0.5) is 11.8 Å². The van der Waals surface area contributed by atoms with E-state index in [4.69, 9.17) is 5.26 Å². The molecule has 2 rings (SSSR count). The predicted molar refractivity (Wildman–Crippen MR) is 70.8 cm³/mol. The first-order valence-electron chi connectivity index (χ1n) is 6.00. The number of piperazine rings is 1. The van der Waals surface area contributed by atoms with E-state index in [2.05, 4.69) is 32.9 Å². The van der Waals surface area contributed by atoms with Crippen LogP contribution in [0, 0.1) is 11.3 Å². The van der Waals surface area contributed by atoms with Crippen LogP contribution in [0.15, 0.2) is 6.20 Å². The van der Waals surface area contributed by atoms with Crippen LogP contribution in [0.2, 0.25) is 0 Å². The molecule has 0 amide bonds. The topological polar surface area (TPSA) is 59.3 Å². The number of likely N-dealkylation sites (N-methyl/N-ethyl adjacent to an activating group) is 1. The number of rotatable bonds is 2. The van der Waals surface area contributed by atoms with Gasteiger partial charge in [-0.05, 0) is 7.05 Å². The molecule has 0 bridgehead atoms. The van der Waals surface area contributed by atoms with E-state index in [0.29, 0.717) is 11.5 Å². The Bertz CT molecular complexity index is 456. The molecule has 0 aliphatic carbocycles. The van der Waals surface area contributed by atoms with Gasteiger partial charge in [-0.1, -0.05) is 0 Å². The zero-order valence-electron chi connectivity index (χ0n) is 11.1. The molecular weight excluding hydrogens is 228 g/mol. The van der Waals surface area contributed by atoms with E-state index in [-0.39, 0.29) is 0 Å². The van der Waals surface area contributed by atoms with Gasteiger partial charge in [-0.25, -0.2) is 4.98 Å². The minimum atomic E-state index is 0.546. The fraction of sp³-hybridized carbons (Fsp3) is 0.583. The van der Waals surface area contributed by atoms with Crippen LogP contribution in [0.3, 0.4) is 0 Å². The van der Waals surface area contributed by atoms with Crippen molar-refractivity contribution in [3.8, 4) is 6.07 Å². The SMILES string of the molecule is CN1CCN(c2nc(N(C)C)ncc2C#N)CC1. The third-order valence-corrected chi connectivity index (χ3v) is 3.08.